The van der Waals surface area contributed by atoms with Crippen LogP contribution in [0.5, 0.6) is 0 Å². The lowest BCUT2D eigenvalue weighted by atomic mass is 10.1. The number of aromatic nitrogens is 1. The quantitative estimate of drug-likeness (QED) is 0.683. The van der Waals surface area contributed by atoms with Crippen LogP contribution in [0.15, 0.2) is 23.1 Å². The monoisotopic (exact) mass is 238 g/mol. The minimum Gasteiger partial charge on any atom is -0.481 e. The fourth-order valence-corrected chi connectivity index (χ4v) is 1.29. The van der Waals surface area contributed by atoms with Crippen LogP contribution in [0.3, 0.4) is 0 Å². The third-order valence-corrected chi connectivity index (χ3v) is 2.18. The maximum atomic E-state index is 11.6. The Morgan fingerprint density at radius 1 is 1.47 bits per heavy atom. The van der Waals surface area contributed by atoms with E-state index in [9.17, 15) is 14.4 Å². The Morgan fingerprint density at radius 3 is 2.71 bits per heavy atom. The number of carbonyl (C=O) groups excluding carboxylic acids is 1. The van der Waals surface area contributed by atoms with E-state index >= 15 is 0 Å². The van der Waals surface area contributed by atoms with Crippen LogP contribution in [0.4, 0.5) is 0 Å². The van der Waals surface area contributed by atoms with Crippen molar-refractivity contribution in [2.45, 2.75) is 13.3 Å². The molecule has 0 saturated heterocycles. The summed E-state index contributed by atoms with van der Waals surface area (Å²) in [6.45, 7) is 2.02. The minimum atomic E-state index is -0.893. The number of hydrogen-bond donors (Lipinski definition) is 3. The molecule has 0 aromatic carbocycles. The molecule has 0 spiro atoms. The number of aromatic amines is 1. The van der Waals surface area contributed by atoms with Gasteiger partial charge in [-0.1, -0.05) is 6.92 Å². The van der Waals surface area contributed by atoms with Crippen molar-refractivity contribution in [2.75, 3.05) is 6.54 Å². The van der Waals surface area contributed by atoms with Gasteiger partial charge in [0.1, 0.15) is 0 Å². The molecule has 3 N–H and O–H groups in total. The Labute approximate surface area is 97.7 Å². The van der Waals surface area contributed by atoms with E-state index in [2.05, 4.69) is 10.3 Å². The molecule has 0 aliphatic heterocycles. The lowest BCUT2D eigenvalue weighted by molar-refractivity contribution is -0.137. The van der Waals surface area contributed by atoms with E-state index < -0.39 is 5.97 Å². The third-order valence-electron chi connectivity index (χ3n) is 2.18. The molecule has 0 saturated carbocycles. The molecule has 1 unspecified atom stereocenters. The fourth-order valence-electron chi connectivity index (χ4n) is 1.29. The first-order valence-electron chi connectivity index (χ1n) is 5.17. The van der Waals surface area contributed by atoms with Crippen molar-refractivity contribution in [3.63, 3.8) is 0 Å². The number of pyridine rings is 1. The van der Waals surface area contributed by atoms with Gasteiger partial charge >= 0.3 is 5.97 Å². The highest BCUT2D eigenvalue weighted by molar-refractivity contribution is 5.93. The number of amides is 1. The van der Waals surface area contributed by atoms with E-state index in [1.54, 1.807) is 6.92 Å². The first-order chi connectivity index (χ1) is 7.99. The molecule has 1 aromatic heterocycles. The summed E-state index contributed by atoms with van der Waals surface area (Å²) in [7, 11) is 0. The molecule has 0 bridgehead atoms. The predicted octanol–water partition coefficient (Wildman–Crippen LogP) is 0.215. The summed E-state index contributed by atoms with van der Waals surface area (Å²) in [6, 6.07) is 2.67. The molecule has 0 fully saturated rings. The van der Waals surface area contributed by atoms with Gasteiger partial charge in [0, 0.05) is 25.2 Å². The van der Waals surface area contributed by atoms with E-state index in [0.717, 1.165) is 0 Å². The van der Waals surface area contributed by atoms with Crippen molar-refractivity contribution < 1.29 is 14.7 Å². The molecule has 1 amide bonds. The standard InChI is InChI=1S/C11H14N2O4/c1-7(4-10(15)16)5-13-11(17)8-2-3-9(14)12-6-8/h2-3,6-7H,4-5H2,1H3,(H,12,14)(H,13,17)(H,15,16). The number of nitrogens with one attached hydrogen (secondary N) is 2. The van der Waals surface area contributed by atoms with Crippen LogP contribution in [0.2, 0.25) is 0 Å². The van der Waals surface area contributed by atoms with Crippen LogP contribution in [-0.4, -0.2) is 28.5 Å². The molecular weight excluding hydrogens is 224 g/mol. The van der Waals surface area contributed by atoms with Gasteiger partial charge in [-0.2, -0.15) is 0 Å². The average Bonchev–Trinajstić information content (AvgIpc) is 2.26. The van der Waals surface area contributed by atoms with Gasteiger partial charge in [0.25, 0.3) is 5.91 Å². The summed E-state index contributed by atoms with van der Waals surface area (Å²) >= 11 is 0. The SMILES string of the molecule is CC(CNC(=O)c1ccc(=O)[nH]c1)CC(=O)O. The number of aliphatic carboxylic acids is 1. The first kappa shape index (κ1) is 13.0. The summed E-state index contributed by atoms with van der Waals surface area (Å²) in [4.78, 5) is 35.1. The Balaban J connectivity index is 2.47. The van der Waals surface area contributed by atoms with Crippen molar-refractivity contribution in [3.05, 3.63) is 34.2 Å². The van der Waals surface area contributed by atoms with Crippen LogP contribution in [-0.2, 0) is 4.79 Å². The molecule has 1 aromatic rings. The lowest BCUT2D eigenvalue weighted by Gasteiger charge is -2.09. The number of rotatable bonds is 5. The molecule has 1 atom stereocenters. The fraction of sp³-hybridized carbons (Fsp3) is 0.364. The molecular formula is C11H14N2O4. The highest BCUT2D eigenvalue weighted by atomic mass is 16.4. The molecule has 1 rings (SSSR count). The van der Waals surface area contributed by atoms with Crippen molar-refractivity contribution >= 4 is 11.9 Å². The second kappa shape index (κ2) is 5.83. The summed E-state index contributed by atoms with van der Waals surface area (Å²) < 4.78 is 0. The largest absolute Gasteiger partial charge is 0.481 e. The normalized spacial score (nSPS) is 11.8. The number of hydrogen-bond acceptors (Lipinski definition) is 3. The summed E-state index contributed by atoms with van der Waals surface area (Å²) in [5, 5.41) is 11.1. The van der Waals surface area contributed by atoms with Crippen molar-refractivity contribution in [1.29, 1.82) is 0 Å². The highest BCUT2D eigenvalue weighted by Crippen LogP contribution is 2.00. The number of carboxylic acids is 1. The molecule has 0 radical (unpaired) electrons. The summed E-state index contributed by atoms with van der Waals surface area (Å²) in [5.41, 5.74) is 0.0629. The van der Waals surface area contributed by atoms with E-state index in [1.165, 1.54) is 18.3 Å². The van der Waals surface area contributed by atoms with Crippen molar-refractivity contribution in [1.82, 2.24) is 10.3 Å². The molecule has 6 heteroatoms. The smallest absolute Gasteiger partial charge is 0.303 e. The minimum absolute atomic E-state index is 0.00586. The second-order valence-electron chi connectivity index (χ2n) is 3.85. The zero-order valence-electron chi connectivity index (χ0n) is 9.40. The van der Waals surface area contributed by atoms with Crippen molar-refractivity contribution in [2.24, 2.45) is 5.92 Å². The van der Waals surface area contributed by atoms with Gasteiger partial charge in [-0.3, -0.25) is 14.4 Å². The predicted molar refractivity (Wildman–Crippen MR) is 60.8 cm³/mol. The van der Waals surface area contributed by atoms with Crippen LogP contribution in [0.1, 0.15) is 23.7 Å². The Bertz CT molecular complexity index is 446. The van der Waals surface area contributed by atoms with Gasteiger partial charge in [0.15, 0.2) is 0 Å². The van der Waals surface area contributed by atoms with Gasteiger partial charge in [-0.15, -0.1) is 0 Å². The van der Waals surface area contributed by atoms with Crippen LogP contribution in [0, 0.1) is 5.92 Å². The average molecular weight is 238 g/mol. The van der Waals surface area contributed by atoms with E-state index in [4.69, 9.17) is 5.11 Å². The van der Waals surface area contributed by atoms with E-state index in [0.29, 0.717) is 5.56 Å². The van der Waals surface area contributed by atoms with Gasteiger partial charge in [-0.05, 0) is 12.0 Å². The zero-order valence-corrected chi connectivity index (χ0v) is 9.40. The zero-order chi connectivity index (χ0) is 12.8. The third kappa shape index (κ3) is 4.50. The Hall–Kier alpha value is -2.11. The molecule has 0 aliphatic carbocycles. The highest BCUT2D eigenvalue weighted by Gasteiger charge is 2.10. The number of H-pyrrole nitrogens is 1. The van der Waals surface area contributed by atoms with Gasteiger partial charge < -0.3 is 15.4 Å². The van der Waals surface area contributed by atoms with Crippen LogP contribution < -0.4 is 10.9 Å². The van der Waals surface area contributed by atoms with E-state index in [1.807, 2.05) is 0 Å². The van der Waals surface area contributed by atoms with Gasteiger partial charge in [-0.25, -0.2) is 0 Å². The topological polar surface area (TPSA) is 99.3 Å². The lowest BCUT2D eigenvalue weighted by Crippen LogP contribution is -2.29. The number of carboxylic acid groups (broad SMARTS) is 1. The van der Waals surface area contributed by atoms with Crippen LogP contribution >= 0.6 is 0 Å². The second-order valence-corrected chi connectivity index (χ2v) is 3.85. The maximum Gasteiger partial charge on any atom is 0.303 e. The Kier molecular flexibility index (Phi) is 4.45. The first-order valence-corrected chi connectivity index (χ1v) is 5.17. The number of carbonyl (C=O) groups is 2. The molecule has 6 nitrogen and oxygen atoms in total. The molecule has 1 heterocycles. The Morgan fingerprint density at radius 2 is 2.18 bits per heavy atom. The van der Waals surface area contributed by atoms with Crippen LogP contribution in [0.25, 0.3) is 0 Å². The molecule has 17 heavy (non-hydrogen) atoms. The van der Waals surface area contributed by atoms with Crippen molar-refractivity contribution in [3.8, 4) is 0 Å². The van der Waals surface area contributed by atoms with E-state index in [-0.39, 0.29) is 30.3 Å². The van der Waals surface area contributed by atoms with Gasteiger partial charge in [0.05, 0.1) is 5.56 Å². The summed E-state index contributed by atoms with van der Waals surface area (Å²) in [5.74, 6) is -1.37. The summed E-state index contributed by atoms with van der Waals surface area (Å²) in [6.07, 6.45) is 1.32. The maximum absolute atomic E-state index is 11.6. The molecule has 0 aliphatic rings. The van der Waals surface area contributed by atoms with Gasteiger partial charge in [0.2, 0.25) is 5.56 Å². The molecule has 92 valence electrons.